The van der Waals surface area contributed by atoms with E-state index in [1.165, 1.54) is 6.07 Å². The molecule has 17 heavy (non-hydrogen) atoms. The van der Waals surface area contributed by atoms with Crippen molar-refractivity contribution >= 4 is 37.9 Å². The summed E-state index contributed by atoms with van der Waals surface area (Å²) in [5.41, 5.74) is 5.99. The van der Waals surface area contributed by atoms with Crippen molar-refractivity contribution in [3.05, 3.63) is 23.2 Å². The molecule has 1 atom stereocenters. The molecule has 0 bridgehead atoms. The van der Waals surface area contributed by atoms with Crippen LogP contribution in [0, 0.1) is 0 Å². The Balaban J connectivity index is 2.78. The summed E-state index contributed by atoms with van der Waals surface area (Å²) in [6.45, 7) is 1.56. The zero-order chi connectivity index (χ0) is 13.1. The topological polar surface area (TPSA) is 77.2 Å². The second-order valence-electron chi connectivity index (χ2n) is 3.47. The maximum Gasteiger partial charge on any atom is 0.150 e. The fourth-order valence-corrected chi connectivity index (χ4v) is 4.04. The second-order valence-corrected chi connectivity index (χ2v) is 7.92. The number of nitrogen functional groups attached to an aromatic ring is 1. The van der Waals surface area contributed by atoms with Gasteiger partial charge in [-0.2, -0.15) is 0 Å². The summed E-state index contributed by atoms with van der Waals surface area (Å²) >= 11 is 5.72. The zero-order valence-corrected chi connectivity index (χ0v) is 11.7. The molecule has 0 aliphatic heterocycles. The number of hydrogen-bond donors (Lipinski definition) is 1. The molecule has 0 spiro atoms. The van der Waals surface area contributed by atoms with E-state index in [1.54, 1.807) is 19.1 Å². The first-order valence-electron chi connectivity index (χ1n) is 4.99. The summed E-state index contributed by atoms with van der Waals surface area (Å²) in [6, 6.07) is 4.65. The van der Waals surface area contributed by atoms with E-state index in [9.17, 15) is 12.6 Å². The van der Waals surface area contributed by atoms with Gasteiger partial charge in [0.25, 0.3) is 0 Å². The third-order valence-electron chi connectivity index (χ3n) is 2.24. The van der Waals surface area contributed by atoms with E-state index in [0.717, 1.165) is 0 Å². The van der Waals surface area contributed by atoms with Gasteiger partial charge in [0.05, 0.1) is 21.4 Å². The molecular formula is C10H14ClNO3S2. The van der Waals surface area contributed by atoms with Crippen LogP contribution >= 0.6 is 11.6 Å². The normalized spacial score (nSPS) is 13.5. The lowest BCUT2D eigenvalue weighted by molar-refractivity contribution is 0.598. The average Bonchev–Trinajstić information content (AvgIpc) is 2.26. The Morgan fingerprint density at radius 2 is 2.06 bits per heavy atom. The lowest BCUT2D eigenvalue weighted by Crippen LogP contribution is -2.15. The van der Waals surface area contributed by atoms with Gasteiger partial charge in [0.1, 0.15) is 0 Å². The monoisotopic (exact) mass is 295 g/mol. The minimum Gasteiger partial charge on any atom is -0.398 e. The van der Waals surface area contributed by atoms with Gasteiger partial charge in [0.2, 0.25) is 0 Å². The standard InChI is InChI=1S/C10H14ClNO3S2/c1-2-17(14,15)6-5-16(13)10-4-3-8(11)7-9(10)12/h3-4,7H,2,5-6,12H2,1H3. The van der Waals surface area contributed by atoms with Gasteiger partial charge in [0, 0.05) is 22.2 Å². The van der Waals surface area contributed by atoms with E-state index in [2.05, 4.69) is 0 Å². The number of halogens is 1. The van der Waals surface area contributed by atoms with Crippen molar-refractivity contribution in [1.29, 1.82) is 0 Å². The van der Waals surface area contributed by atoms with Gasteiger partial charge in [-0.15, -0.1) is 0 Å². The molecule has 7 heteroatoms. The molecular weight excluding hydrogens is 282 g/mol. The SMILES string of the molecule is CCS(=O)(=O)CCS(=O)c1ccc(Cl)cc1N. The van der Waals surface area contributed by atoms with Gasteiger partial charge in [-0.3, -0.25) is 4.21 Å². The van der Waals surface area contributed by atoms with Crippen molar-refractivity contribution < 1.29 is 12.6 Å². The predicted molar refractivity (Wildman–Crippen MR) is 71.5 cm³/mol. The largest absolute Gasteiger partial charge is 0.398 e. The van der Waals surface area contributed by atoms with Gasteiger partial charge >= 0.3 is 0 Å². The number of benzene rings is 1. The van der Waals surface area contributed by atoms with Crippen LogP contribution in [0.4, 0.5) is 5.69 Å². The van der Waals surface area contributed by atoms with Crippen molar-refractivity contribution in [1.82, 2.24) is 0 Å². The molecule has 0 aliphatic carbocycles. The molecule has 0 fully saturated rings. The molecule has 0 heterocycles. The van der Waals surface area contributed by atoms with E-state index in [4.69, 9.17) is 17.3 Å². The van der Waals surface area contributed by atoms with Crippen LogP contribution in [0.2, 0.25) is 5.02 Å². The predicted octanol–water partition coefficient (Wildman–Crippen LogP) is 1.46. The van der Waals surface area contributed by atoms with Crippen molar-refractivity contribution in [3.63, 3.8) is 0 Å². The van der Waals surface area contributed by atoms with Crippen LogP contribution in [0.5, 0.6) is 0 Å². The highest BCUT2D eigenvalue weighted by Gasteiger charge is 2.13. The Hall–Kier alpha value is -0.590. The van der Waals surface area contributed by atoms with Crippen LogP contribution in [-0.4, -0.2) is 29.9 Å². The van der Waals surface area contributed by atoms with Crippen LogP contribution < -0.4 is 5.73 Å². The van der Waals surface area contributed by atoms with Crippen molar-refractivity contribution in [2.75, 3.05) is 23.0 Å². The van der Waals surface area contributed by atoms with Crippen molar-refractivity contribution in [2.24, 2.45) is 0 Å². The molecule has 0 saturated carbocycles. The first-order valence-corrected chi connectivity index (χ1v) is 8.51. The van der Waals surface area contributed by atoms with Crippen LogP contribution in [0.25, 0.3) is 0 Å². The minimum absolute atomic E-state index is 0.0559. The zero-order valence-electron chi connectivity index (χ0n) is 9.35. The number of rotatable bonds is 5. The van der Waals surface area contributed by atoms with E-state index in [1.807, 2.05) is 0 Å². The minimum atomic E-state index is -3.10. The Morgan fingerprint density at radius 1 is 1.41 bits per heavy atom. The number of hydrogen-bond acceptors (Lipinski definition) is 4. The smallest absolute Gasteiger partial charge is 0.150 e. The Bertz CT molecular complexity index is 528. The molecule has 0 aromatic heterocycles. The molecule has 0 amide bonds. The number of sulfone groups is 1. The first-order chi connectivity index (χ1) is 7.85. The third kappa shape index (κ3) is 4.29. The van der Waals surface area contributed by atoms with Crippen LogP contribution in [0.1, 0.15) is 6.92 Å². The van der Waals surface area contributed by atoms with Crippen molar-refractivity contribution in [3.8, 4) is 0 Å². The van der Waals surface area contributed by atoms with Crippen LogP contribution in [0.3, 0.4) is 0 Å². The van der Waals surface area contributed by atoms with Crippen LogP contribution in [0.15, 0.2) is 23.1 Å². The summed E-state index contributed by atoms with van der Waals surface area (Å²) in [5, 5.41) is 0.462. The highest BCUT2D eigenvalue weighted by atomic mass is 35.5. The molecule has 2 N–H and O–H groups in total. The summed E-state index contributed by atoms with van der Waals surface area (Å²) in [6.07, 6.45) is 0. The molecule has 1 aromatic carbocycles. The number of anilines is 1. The summed E-state index contributed by atoms with van der Waals surface area (Å²) in [5.74, 6) is 0.0144. The van der Waals surface area contributed by atoms with E-state index in [0.29, 0.717) is 15.6 Å². The van der Waals surface area contributed by atoms with E-state index < -0.39 is 20.6 Å². The lowest BCUT2D eigenvalue weighted by atomic mass is 10.3. The molecule has 0 aliphatic rings. The fraction of sp³-hybridized carbons (Fsp3) is 0.400. The summed E-state index contributed by atoms with van der Waals surface area (Å²) in [4.78, 5) is 0.431. The Morgan fingerprint density at radius 3 is 2.59 bits per heavy atom. The Kier molecular flexibility index (Phi) is 4.97. The van der Waals surface area contributed by atoms with Gasteiger partial charge in [-0.05, 0) is 18.2 Å². The molecule has 1 unspecified atom stereocenters. The summed E-state index contributed by atoms with van der Waals surface area (Å²) < 4.78 is 34.4. The van der Waals surface area contributed by atoms with E-state index >= 15 is 0 Å². The maximum atomic E-state index is 11.9. The van der Waals surface area contributed by atoms with Gasteiger partial charge in [-0.25, -0.2) is 8.42 Å². The highest BCUT2D eigenvalue weighted by molar-refractivity contribution is 7.93. The fourth-order valence-electron chi connectivity index (χ4n) is 1.18. The number of nitrogens with two attached hydrogens (primary N) is 1. The molecule has 0 radical (unpaired) electrons. The van der Waals surface area contributed by atoms with Gasteiger partial charge < -0.3 is 5.73 Å². The van der Waals surface area contributed by atoms with Gasteiger partial charge in [0.15, 0.2) is 9.84 Å². The third-order valence-corrected chi connectivity index (χ3v) is 5.87. The average molecular weight is 296 g/mol. The molecule has 1 aromatic rings. The quantitative estimate of drug-likeness (QED) is 0.834. The molecule has 0 saturated heterocycles. The van der Waals surface area contributed by atoms with Crippen LogP contribution in [-0.2, 0) is 20.6 Å². The lowest BCUT2D eigenvalue weighted by Gasteiger charge is -2.06. The first kappa shape index (κ1) is 14.5. The molecule has 96 valence electrons. The van der Waals surface area contributed by atoms with E-state index in [-0.39, 0.29) is 17.3 Å². The highest BCUT2D eigenvalue weighted by Crippen LogP contribution is 2.21. The second kappa shape index (κ2) is 5.84. The van der Waals surface area contributed by atoms with Gasteiger partial charge in [-0.1, -0.05) is 18.5 Å². The summed E-state index contributed by atoms with van der Waals surface area (Å²) in [7, 11) is -4.52. The Labute approximate surface area is 109 Å². The maximum absolute atomic E-state index is 11.9. The van der Waals surface area contributed by atoms with Crippen molar-refractivity contribution in [2.45, 2.75) is 11.8 Å². The molecule has 4 nitrogen and oxygen atoms in total. The molecule has 1 rings (SSSR count).